The Labute approximate surface area is 211 Å². The Kier molecular flexibility index (Phi) is 7.11. The van der Waals surface area contributed by atoms with Crippen molar-refractivity contribution in [2.75, 3.05) is 33.0 Å². The van der Waals surface area contributed by atoms with Gasteiger partial charge in [-0.15, -0.1) is 0 Å². The summed E-state index contributed by atoms with van der Waals surface area (Å²) < 4.78 is 10.8. The van der Waals surface area contributed by atoms with E-state index in [9.17, 15) is 14.4 Å². The van der Waals surface area contributed by atoms with Crippen LogP contribution in [0.2, 0.25) is 0 Å². The topological polar surface area (TPSA) is 88.2 Å². The molecule has 0 saturated carbocycles. The van der Waals surface area contributed by atoms with Gasteiger partial charge in [-0.05, 0) is 75.3 Å². The maximum absolute atomic E-state index is 13.6. The minimum atomic E-state index is -0.598. The predicted octanol–water partition coefficient (Wildman–Crippen LogP) is 3.39. The van der Waals surface area contributed by atoms with Crippen LogP contribution in [0.5, 0.6) is 11.5 Å². The van der Waals surface area contributed by atoms with Crippen LogP contribution in [-0.4, -0.2) is 66.5 Å². The molecule has 3 amide bonds. The molecule has 2 aromatic rings. The molecule has 2 saturated heterocycles. The summed E-state index contributed by atoms with van der Waals surface area (Å²) in [5.74, 6) is 0.902. The summed E-state index contributed by atoms with van der Waals surface area (Å²) in [5, 5.41) is 3.06. The predicted molar refractivity (Wildman–Crippen MR) is 134 cm³/mol. The molecule has 1 atom stereocenters. The smallest absolute Gasteiger partial charge is 0.253 e. The van der Waals surface area contributed by atoms with Gasteiger partial charge in [-0.2, -0.15) is 0 Å². The highest BCUT2D eigenvalue weighted by Gasteiger charge is 2.36. The molecule has 0 spiro atoms. The van der Waals surface area contributed by atoms with Gasteiger partial charge in [-0.3, -0.25) is 14.4 Å². The summed E-state index contributed by atoms with van der Waals surface area (Å²) in [6.45, 7) is 4.67. The first-order valence-electron chi connectivity index (χ1n) is 12.8. The summed E-state index contributed by atoms with van der Waals surface area (Å²) in [5.41, 5.74) is 2.19. The lowest BCUT2D eigenvalue weighted by Gasteiger charge is -2.38. The molecular weight excluding hydrogens is 458 g/mol. The molecule has 8 heteroatoms. The summed E-state index contributed by atoms with van der Waals surface area (Å²) in [7, 11) is 0. The number of amides is 3. The normalized spacial score (nSPS) is 18.6. The number of aryl methyl sites for hydroxylation is 1. The maximum Gasteiger partial charge on any atom is 0.253 e. The van der Waals surface area contributed by atoms with E-state index in [4.69, 9.17) is 9.47 Å². The molecule has 2 fully saturated rings. The molecule has 5 rings (SSSR count). The number of benzene rings is 2. The number of rotatable bonds is 5. The lowest BCUT2D eigenvalue weighted by molar-refractivity contribution is -0.136. The number of carbonyl (C=O) groups excluding carboxylic acids is 3. The number of piperidine rings is 2. The van der Waals surface area contributed by atoms with Crippen LogP contribution < -0.4 is 14.8 Å². The number of nitrogens with one attached hydrogen (secondary N) is 1. The van der Waals surface area contributed by atoms with Gasteiger partial charge in [-0.1, -0.05) is 17.7 Å². The molecule has 0 aromatic heterocycles. The molecule has 0 bridgehead atoms. The van der Waals surface area contributed by atoms with Crippen LogP contribution in [0.4, 0.5) is 0 Å². The standard InChI is InChI=1S/C28H33N3O5/c1-19-5-7-21(8-6-19)26(32)29-25(28(34)30-13-3-2-4-14-30)20-11-15-31(16-12-20)27(33)22-9-10-23-24(17-22)36-18-35-23/h5-10,17,20,25H,2-4,11-16,18H2,1H3,(H,29,32)/t25-/m0/s1. The molecule has 36 heavy (non-hydrogen) atoms. The van der Waals surface area contributed by atoms with Crippen molar-refractivity contribution in [3.63, 3.8) is 0 Å². The van der Waals surface area contributed by atoms with Gasteiger partial charge < -0.3 is 24.6 Å². The first kappa shape index (κ1) is 24.2. The SMILES string of the molecule is Cc1ccc(C(=O)N[C@H](C(=O)N2CCCCC2)C2CCN(C(=O)c3ccc4c(c3)OCO4)CC2)cc1. The Morgan fingerprint density at radius 1 is 0.833 bits per heavy atom. The molecular formula is C28H33N3O5. The molecule has 3 aliphatic rings. The van der Waals surface area contributed by atoms with Crippen molar-refractivity contribution in [1.82, 2.24) is 15.1 Å². The minimum Gasteiger partial charge on any atom is -0.454 e. The van der Waals surface area contributed by atoms with Gasteiger partial charge in [0.2, 0.25) is 12.7 Å². The lowest BCUT2D eigenvalue weighted by atomic mass is 9.87. The van der Waals surface area contributed by atoms with Crippen molar-refractivity contribution in [2.24, 2.45) is 5.92 Å². The van der Waals surface area contributed by atoms with Crippen LogP contribution in [0.15, 0.2) is 42.5 Å². The zero-order chi connectivity index (χ0) is 25.1. The average molecular weight is 492 g/mol. The first-order chi connectivity index (χ1) is 17.5. The Hall–Kier alpha value is -3.55. The van der Waals surface area contributed by atoms with E-state index in [0.717, 1.165) is 37.9 Å². The van der Waals surface area contributed by atoms with Gasteiger partial charge in [0.1, 0.15) is 6.04 Å². The van der Waals surface area contributed by atoms with Crippen molar-refractivity contribution < 1.29 is 23.9 Å². The molecule has 190 valence electrons. The number of fused-ring (bicyclic) bond motifs is 1. The second-order valence-corrected chi connectivity index (χ2v) is 9.90. The average Bonchev–Trinajstić information content (AvgIpc) is 3.40. The molecule has 0 aliphatic carbocycles. The van der Waals surface area contributed by atoms with Gasteiger partial charge in [0.05, 0.1) is 0 Å². The molecule has 3 aliphatic heterocycles. The van der Waals surface area contributed by atoms with Gasteiger partial charge in [-0.25, -0.2) is 0 Å². The Bertz CT molecular complexity index is 1120. The first-order valence-corrected chi connectivity index (χ1v) is 12.8. The van der Waals surface area contributed by atoms with Crippen molar-refractivity contribution in [3.8, 4) is 11.5 Å². The number of carbonyl (C=O) groups is 3. The highest BCUT2D eigenvalue weighted by atomic mass is 16.7. The molecule has 8 nitrogen and oxygen atoms in total. The van der Waals surface area contributed by atoms with Gasteiger partial charge in [0, 0.05) is 37.3 Å². The second kappa shape index (κ2) is 10.6. The summed E-state index contributed by atoms with van der Waals surface area (Å²) in [6.07, 6.45) is 4.41. The van der Waals surface area contributed by atoms with Crippen LogP contribution >= 0.6 is 0 Å². The van der Waals surface area contributed by atoms with E-state index in [2.05, 4.69) is 5.32 Å². The van der Waals surface area contributed by atoms with Crippen LogP contribution in [0.3, 0.4) is 0 Å². The zero-order valence-corrected chi connectivity index (χ0v) is 20.7. The van der Waals surface area contributed by atoms with Crippen LogP contribution in [0.1, 0.15) is 58.4 Å². The van der Waals surface area contributed by atoms with Crippen LogP contribution in [-0.2, 0) is 4.79 Å². The van der Waals surface area contributed by atoms with E-state index in [1.807, 2.05) is 28.9 Å². The Morgan fingerprint density at radius 2 is 1.50 bits per heavy atom. The van der Waals surface area contributed by atoms with Crippen molar-refractivity contribution in [2.45, 2.75) is 45.1 Å². The van der Waals surface area contributed by atoms with Gasteiger partial charge in [0.25, 0.3) is 11.8 Å². The van der Waals surface area contributed by atoms with Gasteiger partial charge >= 0.3 is 0 Å². The molecule has 3 heterocycles. The molecule has 0 radical (unpaired) electrons. The zero-order valence-electron chi connectivity index (χ0n) is 20.7. The molecule has 1 N–H and O–H groups in total. The number of likely N-dealkylation sites (tertiary alicyclic amines) is 2. The fourth-order valence-electron chi connectivity index (χ4n) is 5.27. The monoisotopic (exact) mass is 491 g/mol. The fraction of sp³-hybridized carbons (Fsp3) is 0.464. The quantitative estimate of drug-likeness (QED) is 0.693. The third-order valence-corrected chi connectivity index (χ3v) is 7.45. The van der Waals surface area contributed by atoms with Crippen molar-refractivity contribution in [3.05, 3.63) is 59.2 Å². The third kappa shape index (κ3) is 5.17. The van der Waals surface area contributed by atoms with Crippen molar-refractivity contribution >= 4 is 17.7 Å². The van der Waals surface area contributed by atoms with E-state index in [0.29, 0.717) is 48.6 Å². The maximum atomic E-state index is 13.6. The lowest BCUT2D eigenvalue weighted by Crippen LogP contribution is -2.55. The van der Waals surface area contributed by atoms with E-state index in [1.54, 1.807) is 30.3 Å². The van der Waals surface area contributed by atoms with E-state index in [-0.39, 0.29) is 30.4 Å². The van der Waals surface area contributed by atoms with Gasteiger partial charge in [0.15, 0.2) is 11.5 Å². The Morgan fingerprint density at radius 3 is 2.22 bits per heavy atom. The molecule has 0 unspecified atom stereocenters. The van der Waals surface area contributed by atoms with Crippen LogP contribution in [0, 0.1) is 12.8 Å². The number of ether oxygens (including phenoxy) is 2. The summed E-state index contributed by atoms with van der Waals surface area (Å²) >= 11 is 0. The van der Waals surface area contributed by atoms with Crippen molar-refractivity contribution in [1.29, 1.82) is 0 Å². The Balaban J connectivity index is 1.27. The second-order valence-electron chi connectivity index (χ2n) is 9.90. The molecule has 2 aromatic carbocycles. The highest BCUT2D eigenvalue weighted by molar-refractivity contribution is 5.98. The fourth-order valence-corrected chi connectivity index (χ4v) is 5.27. The summed E-state index contributed by atoms with van der Waals surface area (Å²) in [4.78, 5) is 43.5. The number of hydrogen-bond acceptors (Lipinski definition) is 5. The number of nitrogens with zero attached hydrogens (tertiary/aromatic N) is 2. The van der Waals surface area contributed by atoms with Crippen LogP contribution in [0.25, 0.3) is 0 Å². The third-order valence-electron chi connectivity index (χ3n) is 7.45. The number of hydrogen-bond donors (Lipinski definition) is 1. The highest BCUT2D eigenvalue weighted by Crippen LogP contribution is 2.33. The van der Waals surface area contributed by atoms with E-state index in [1.165, 1.54) is 0 Å². The summed E-state index contributed by atoms with van der Waals surface area (Å²) in [6, 6.07) is 12.0. The van der Waals surface area contributed by atoms with E-state index < -0.39 is 6.04 Å². The minimum absolute atomic E-state index is 0.00397. The van der Waals surface area contributed by atoms with E-state index >= 15 is 0 Å². The largest absolute Gasteiger partial charge is 0.454 e.